The van der Waals surface area contributed by atoms with Gasteiger partial charge >= 0.3 is 11.9 Å². The van der Waals surface area contributed by atoms with Crippen LogP contribution in [0.25, 0.3) is 0 Å². The van der Waals surface area contributed by atoms with Gasteiger partial charge in [0, 0.05) is 5.54 Å². The number of hydrogen-bond acceptors (Lipinski definition) is 4. The van der Waals surface area contributed by atoms with Crippen LogP contribution in [0, 0.1) is 5.92 Å². The van der Waals surface area contributed by atoms with E-state index in [0.717, 1.165) is 44.6 Å². The molecule has 1 aliphatic heterocycles. The van der Waals surface area contributed by atoms with Crippen molar-refractivity contribution in [3.63, 3.8) is 0 Å². The van der Waals surface area contributed by atoms with Gasteiger partial charge in [0.25, 0.3) is 0 Å². The highest BCUT2D eigenvalue weighted by atomic mass is 29.3. The average molecular weight is 501 g/mol. The van der Waals surface area contributed by atoms with E-state index in [1.54, 1.807) is 0 Å². The van der Waals surface area contributed by atoms with Gasteiger partial charge in [0.05, 0.1) is 16.7 Å². The van der Waals surface area contributed by atoms with Crippen LogP contribution in [-0.4, -0.2) is 51.7 Å². The van der Waals surface area contributed by atoms with Crippen molar-refractivity contribution >= 4 is 35.9 Å². The summed E-state index contributed by atoms with van der Waals surface area (Å²) in [6.45, 7) is 17.0. The fraction of sp³-hybridized carbons (Fsp3) is 0.826. The summed E-state index contributed by atoms with van der Waals surface area (Å²) in [5.41, 5.74) is -0.373. The Balaban J connectivity index is 2.78. The summed E-state index contributed by atoms with van der Waals surface area (Å²) < 4.78 is 13.9. The third-order valence-corrected chi connectivity index (χ3v) is 26.2. The van der Waals surface area contributed by atoms with E-state index < -0.39 is 35.9 Å². The van der Waals surface area contributed by atoms with Crippen molar-refractivity contribution < 1.29 is 28.3 Å². The maximum Gasteiger partial charge on any atom is 0.332 e. The Morgan fingerprint density at radius 2 is 1.66 bits per heavy atom. The molecule has 0 aromatic heterocycles. The van der Waals surface area contributed by atoms with Crippen molar-refractivity contribution in [3.8, 4) is 0 Å². The maximum absolute atomic E-state index is 12.8. The summed E-state index contributed by atoms with van der Waals surface area (Å²) in [5, 5.41) is 20.7. The third-order valence-electron chi connectivity index (χ3n) is 7.22. The summed E-state index contributed by atoms with van der Waals surface area (Å²) in [6.07, 6.45) is 5.89. The average Bonchev–Trinajstić information content (AvgIpc) is 2.63. The molecule has 1 heterocycles. The molecule has 1 saturated heterocycles. The molecule has 0 bridgehead atoms. The minimum Gasteiger partial charge on any atom is -0.478 e. The predicted octanol–water partition coefficient (Wildman–Crippen LogP) is 6.09. The molecule has 2 atom stereocenters. The van der Waals surface area contributed by atoms with Crippen LogP contribution in [0.5, 0.6) is 0 Å². The second kappa shape index (κ2) is 9.85. The molecule has 9 heteroatoms. The lowest BCUT2D eigenvalue weighted by Gasteiger charge is -2.56. The van der Waals surface area contributed by atoms with Gasteiger partial charge in [0.1, 0.15) is 0 Å². The fourth-order valence-corrected chi connectivity index (χ4v) is 30.3. The highest BCUT2D eigenvalue weighted by Crippen LogP contribution is 2.51. The molecular formula is C23H44O6Si3. The molecule has 2 aliphatic rings. The van der Waals surface area contributed by atoms with Crippen LogP contribution in [0.4, 0.5) is 0 Å². The van der Waals surface area contributed by atoms with E-state index in [2.05, 4.69) is 46.6 Å². The Morgan fingerprint density at radius 1 is 1.09 bits per heavy atom. The molecule has 1 saturated carbocycles. The van der Waals surface area contributed by atoms with Crippen LogP contribution in [0.15, 0.2) is 11.1 Å². The highest BCUT2D eigenvalue weighted by molar-refractivity contribution is 7.38. The smallest absolute Gasteiger partial charge is 0.332 e. The number of carbonyl (C=O) groups is 2. The molecule has 6 nitrogen and oxygen atoms in total. The number of carboxylic acids is 2. The molecule has 2 N–H and O–H groups in total. The number of aliphatic carboxylic acids is 2. The van der Waals surface area contributed by atoms with Crippen molar-refractivity contribution in [1.82, 2.24) is 0 Å². The molecule has 184 valence electrons. The molecule has 0 aromatic rings. The van der Waals surface area contributed by atoms with E-state index in [1.165, 1.54) is 0 Å². The van der Waals surface area contributed by atoms with Crippen LogP contribution in [0.1, 0.15) is 65.7 Å². The normalized spacial score (nSPS) is 28.0. The highest BCUT2D eigenvalue weighted by Gasteiger charge is 2.64. The molecule has 2 fully saturated rings. The van der Waals surface area contributed by atoms with Crippen molar-refractivity contribution in [3.05, 3.63) is 11.1 Å². The summed E-state index contributed by atoms with van der Waals surface area (Å²) in [4.78, 5) is 25.4. The number of rotatable bonds is 8. The Morgan fingerprint density at radius 3 is 2.06 bits per heavy atom. The van der Waals surface area contributed by atoms with Gasteiger partial charge in [-0.2, -0.15) is 0 Å². The lowest BCUT2D eigenvalue weighted by Crippen LogP contribution is -2.73. The van der Waals surface area contributed by atoms with Gasteiger partial charge in [-0.15, -0.1) is 0 Å². The molecule has 0 spiro atoms. The van der Waals surface area contributed by atoms with Gasteiger partial charge in [-0.1, -0.05) is 26.2 Å². The lowest BCUT2D eigenvalue weighted by molar-refractivity contribution is -0.136. The summed E-state index contributed by atoms with van der Waals surface area (Å²) in [5.74, 6) is -2.34. The predicted molar refractivity (Wildman–Crippen MR) is 135 cm³/mol. The third kappa shape index (κ3) is 5.84. The Labute approximate surface area is 197 Å². The molecular weight excluding hydrogens is 457 g/mol. The molecule has 0 aromatic carbocycles. The minimum atomic E-state index is -2.79. The molecule has 2 rings (SSSR count). The van der Waals surface area contributed by atoms with E-state index in [-0.39, 0.29) is 28.2 Å². The summed E-state index contributed by atoms with van der Waals surface area (Å²) >= 11 is 0. The largest absolute Gasteiger partial charge is 0.478 e. The molecule has 0 amide bonds. The Hall–Kier alpha value is -0.749. The molecule has 1 aliphatic carbocycles. The topological polar surface area (TPSA) is 93.1 Å². The lowest BCUT2D eigenvalue weighted by atomic mass is 9.81. The molecule has 2 unspecified atom stereocenters. The maximum atomic E-state index is 12.8. The molecule has 32 heavy (non-hydrogen) atoms. The zero-order valence-corrected chi connectivity index (χ0v) is 24.3. The summed E-state index contributed by atoms with van der Waals surface area (Å²) in [6, 6.07) is 0.830. The fourth-order valence-electron chi connectivity index (χ4n) is 6.12. The van der Waals surface area contributed by atoms with Gasteiger partial charge in [-0.05, 0) is 84.2 Å². The van der Waals surface area contributed by atoms with Crippen molar-refractivity contribution in [2.75, 3.05) is 0 Å². The monoisotopic (exact) mass is 500 g/mol. The van der Waals surface area contributed by atoms with Crippen LogP contribution in [-0.2, 0) is 18.1 Å². The Bertz CT molecular complexity index is 749. The van der Waals surface area contributed by atoms with Gasteiger partial charge in [0.2, 0.25) is 15.7 Å². The zero-order valence-electron chi connectivity index (χ0n) is 21.3. The first-order valence-corrected chi connectivity index (χ1v) is 21.7. The standard InChI is InChI=1S/C23H44O6Si3/c1-9-18(20(22(26)27)19(21(24)25)17-13-11-10-12-14-17)32(29-30(4,5)6)16-15-23(2,3)28-31(32,7)8/h17-18H,9-16H2,1-8H3,(H,24,25)(H,26,27). The SMILES string of the molecule is CCC(C(C(=O)O)=C(C(=O)O)C1CCCCC1)[Si]1(O[Si](C)(C)C)CCC(C)(C)O[Si]1(C)C. The van der Waals surface area contributed by atoms with E-state index in [9.17, 15) is 19.8 Å². The number of carboxylic acid groups (broad SMARTS) is 2. The van der Waals surface area contributed by atoms with Crippen LogP contribution >= 0.6 is 0 Å². The second-order valence-electron chi connectivity index (χ2n) is 11.7. The van der Waals surface area contributed by atoms with E-state index >= 15 is 0 Å². The van der Waals surface area contributed by atoms with Crippen molar-refractivity contribution in [2.45, 2.75) is 116 Å². The minimum absolute atomic E-state index is 0.126. The summed E-state index contributed by atoms with van der Waals surface area (Å²) in [7, 11) is -7.32. The van der Waals surface area contributed by atoms with Gasteiger partial charge in [-0.3, -0.25) is 0 Å². The van der Waals surface area contributed by atoms with Crippen molar-refractivity contribution in [2.24, 2.45) is 5.92 Å². The van der Waals surface area contributed by atoms with Gasteiger partial charge < -0.3 is 18.8 Å². The van der Waals surface area contributed by atoms with Crippen LogP contribution < -0.4 is 0 Å². The van der Waals surface area contributed by atoms with E-state index in [4.69, 9.17) is 8.54 Å². The number of hydrogen-bond donors (Lipinski definition) is 2. The van der Waals surface area contributed by atoms with Gasteiger partial charge in [-0.25, -0.2) is 9.59 Å². The first-order valence-electron chi connectivity index (χ1n) is 12.2. The second-order valence-corrected chi connectivity index (χ2v) is 29.1. The quantitative estimate of drug-likeness (QED) is 0.309. The first-order chi connectivity index (χ1) is 14.6. The first kappa shape index (κ1) is 27.5. The van der Waals surface area contributed by atoms with Crippen LogP contribution in [0.2, 0.25) is 44.3 Å². The van der Waals surface area contributed by atoms with Crippen LogP contribution in [0.3, 0.4) is 0 Å². The van der Waals surface area contributed by atoms with E-state index in [1.807, 2.05) is 6.92 Å². The Kier molecular flexibility index (Phi) is 8.47. The molecule has 0 radical (unpaired) electrons. The van der Waals surface area contributed by atoms with Crippen molar-refractivity contribution in [1.29, 1.82) is 0 Å². The van der Waals surface area contributed by atoms with Gasteiger partial charge in [0.15, 0.2) is 8.32 Å². The van der Waals surface area contributed by atoms with E-state index in [0.29, 0.717) is 6.42 Å². The zero-order chi connectivity index (χ0) is 24.5.